The van der Waals surface area contributed by atoms with E-state index in [0.29, 0.717) is 6.54 Å². The summed E-state index contributed by atoms with van der Waals surface area (Å²) in [5.74, 6) is 0.969. The number of rotatable bonds is 7. The van der Waals surface area contributed by atoms with Crippen molar-refractivity contribution in [3.63, 3.8) is 0 Å². The summed E-state index contributed by atoms with van der Waals surface area (Å²) >= 11 is 0. The summed E-state index contributed by atoms with van der Waals surface area (Å²) in [4.78, 5) is 31.6. The van der Waals surface area contributed by atoms with Crippen LogP contribution < -0.4 is 10.2 Å². The standard InChI is InChI=1S/C25H31N3O2/c29-23(22-10-9-20-6-5-7-21(20)16-22)11-13-25(30)27-18-19-8-12-24(26-17-19)28-14-3-1-2-4-15-28/h8-10,12,16-17H,1-7,11,13-15,18H2,(H,27,30). The van der Waals surface area contributed by atoms with Crippen LogP contribution in [0.2, 0.25) is 0 Å². The number of nitrogens with zero attached hydrogens (tertiary/aromatic N) is 2. The summed E-state index contributed by atoms with van der Waals surface area (Å²) in [5, 5.41) is 2.91. The van der Waals surface area contributed by atoms with Gasteiger partial charge in [0.25, 0.3) is 0 Å². The van der Waals surface area contributed by atoms with E-state index < -0.39 is 0 Å². The molecule has 0 unspecified atom stereocenters. The van der Waals surface area contributed by atoms with Gasteiger partial charge in [0.2, 0.25) is 5.91 Å². The molecule has 2 heterocycles. The molecule has 1 amide bonds. The SMILES string of the molecule is O=C(CCC(=O)c1ccc2c(c1)CCC2)NCc1ccc(N2CCCCCC2)nc1. The van der Waals surface area contributed by atoms with Crippen LogP contribution in [0.15, 0.2) is 36.5 Å². The Hall–Kier alpha value is -2.69. The molecule has 0 radical (unpaired) electrons. The first-order valence-electron chi connectivity index (χ1n) is 11.3. The summed E-state index contributed by atoms with van der Waals surface area (Å²) < 4.78 is 0. The van der Waals surface area contributed by atoms with Crippen LogP contribution in [0.5, 0.6) is 0 Å². The molecule has 5 heteroatoms. The predicted molar refractivity (Wildman–Crippen MR) is 119 cm³/mol. The number of Topliss-reactive ketones (excluding diaryl/α,β-unsaturated/α-hetero) is 1. The van der Waals surface area contributed by atoms with Gasteiger partial charge in [-0.3, -0.25) is 9.59 Å². The minimum Gasteiger partial charge on any atom is -0.357 e. The molecule has 30 heavy (non-hydrogen) atoms. The maximum atomic E-state index is 12.4. The van der Waals surface area contributed by atoms with E-state index in [2.05, 4.69) is 21.3 Å². The molecule has 158 valence electrons. The third kappa shape index (κ3) is 5.26. The van der Waals surface area contributed by atoms with Gasteiger partial charge in [0.15, 0.2) is 5.78 Å². The van der Waals surface area contributed by atoms with Crippen LogP contribution in [0, 0.1) is 0 Å². The van der Waals surface area contributed by atoms with Crippen molar-refractivity contribution in [1.82, 2.24) is 10.3 Å². The van der Waals surface area contributed by atoms with Crippen LogP contribution in [0.25, 0.3) is 0 Å². The minimum atomic E-state index is -0.0962. The monoisotopic (exact) mass is 405 g/mol. The summed E-state index contributed by atoms with van der Waals surface area (Å²) in [7, 11) is 0. The number of benzene rings is 1. The van der Waals surface area contributed by atoms with Crippen molar-refractivity contribution in [2.24, 2.45) is 0 Å². The highest BCUT2D eigenvalue weighted by Gasteiger charge is 2.15. The Bertz CT molecular complexity index is 884. The van der Waals surface area contributed by atoms with Crippen molar-refractivity contribution in [1.29, 1.82) is 0 Å². The van der Waals surface area contributed by atoms with Gasteiger partial charge < -0.3 is 10.2 Å². The second-order valence-corrected chi connectivity index (χ2v) is 8.46. The number of nitrogens with one attached hydrogen (secondary N) is 1. The lowest BCUT2D eigenvalue weighted by molar-refractivity contribution is -0.121. The Kier molecular flexibility index (Phi) is 6.77. The van der Waals surface area contributed by atoms with E-state index >= 15 is 0 Å². The number of amides is 1. The molecule has 0 bridgehead atoms. The maximum Gasteiger partial charge on any atom is 0.220 e. The van der Waals surface area contributed by atoms with E-state index in [-0.39, 0.29) is 24.5 Å². The lowest BCUT2D eigenvalue weighted by Gasteiger charge is -2.21. The van der Waals surface area contributed by atoms with Gasteiger partial charge in [0, 0.05) is 44.2 Å². The molecule has 1 saturated heterocycles. The van der Waals surface area contributed by atoms with Crippen LogP contribution in [0.1, 0.15) is 72.0 Å². The molecule has 0 atom stereocenters. The number of aryl methyl sites for hydroxylation is 2. The minimum absolute atomic E-state index is 0.0447. The molecule has 1 fully saturated rings. The maximum absolute atomic E-state index is 12.4. The first kappa shape index (κ1) is 20.6. The molecule has 2 aromatic rings. The van der Waals surface area contributed by atoms with Gasteiger partial charge in [-0.2, -0.15) is 0 Å². The van der Waals surface area contributed by atoms with Gasteiger partial charge in [0.1, 0.15) is 5.82 Å². The van der Waals surface area contributed by atoms with Crippen molar-refractivity contribution >= 4 is 17.5 Å². The van der Waals surface area contributed by atoms with Crippen LogP contribution in [0.4, 0.5) is 5.82 Å². The Morgan fingerprint density at radius 3 is 2.47 bits per heavy atom. The molecule has 0 saturated carbocycles. The fourth-order valence-corrected chi connectivity index (χ4v) is 4.41. The van der Waals surface area contributed by atoms with E-state index in [0.717, 1.165) is 42.9 Å². The van der Waals surface area contributed by atoms with E-state index in [9.17, 15) is 9.59 Å². The number of hydrogen-bond acceptors (Lipinski definition) is 4. The third-order valence-electron chi connectivity index (χ3n) is 6.23. The van der Waals surface area contributed by atoms with Crippen LogP contribution in [0.3, 0.4) is 0 Å². The Morgan fingerprint density at radius 2 is 1.70 bits per heavy atom. The second kappa shape index (κ2) is 9.88. The van der Waals surface area contributed by atoms with E-state index in [1.54, 1.807) is 0 Å². The lowest BCUT2D eigenvalue weighted by atomic mass is 10.0. The van der Waals surface area contributed by atoms with Gasteiger partial charge in [0.05, 0.1) is 0 Å². The number of carbonyl (C=O) groups excluding carboxylic acids is 2. The number of carbonyl (C=O) groups is 2. The Morgan fingerprint density at radius 1 is 0.900 bits per heavy atom. The van der Waals surface area contributed by atoms with Crippen molar-refractivity contribution < 1.29 is 9.59 Å². The van der Waals surface area contributed by atoms with E-state index in [1.807, 2.05) is 30.5 Å². The third-order valence-corrected chi connectivity index (χ3v) is 6.23. The zero-order valence-corrected chi connectivity index (χ0v) is 17.7. The topological polar surface area (TPSA) is 62.3 Å². The number of aromatic nitrogens is 1. The molecule has 1 N–H and O–H groups in total. The first-order chi connectivity index (χ1) is 14.7. The fraction of sp³-hybridized carbons (Fsp3) is 0.480. The van der Waals surface area contributed by atoms with Crippen molar-refractivity contribution in [2.75, 3.05) is 18.0 Å². The summed E-state index contributed by atoms with van der Waals surface area (Å²) in [6.07, 6.45) is 10.7. The van der Waals surface area contributed by atoms with Crippen molar-refractivity contribution in [3.05, 3.63) is 58.8 Å². The fourth-order valence-electron chi connectivity index (χ4n) is 4.41. The second-order valence-electron chi connectivity index (χ2n) is 8.46. The predicted octanol–water partition coefficient (Wildman–Crippen LogP) is 4.23. The van der Waals surface area contributed by atoms with E-state index in [1.165, 1.54) is 43.2 Å². The molecular weight excluding hydrogens is 374 g/mol. The highest BCUT2D eigenvalue weighted by atomic mass is 16.2. The lowest BCUT2D eigenvalue weighted by Crippen LogP contribution is -2.25. The van der Waals surface area contributed by atoms with Gasteiger partial charge in [-0.05, 0) is 60.9 Å². The molecule has 0 spiro atoms. The first-order valence-corrected chi connectivity index (χ1v) is 11.3. The summed E-state index contributed by atoms with van der Waals surface area (Å²) in [6.45, 7) is 2.59. The normalized spacial score (nSPS) is 16.1. The number of pyridine rings is 1. The smallest absolute Gasteiger partial charge is 0.220 e. The highest BCUT2D eigenvalue weighted by Crippen LogP contribution is 2.23. The summed E-state index contributed by atoms with van der Waals surface area (Å²) in [6, 6.07) is 10.1. The average molecular weight is 406 g/mol. The molecule has 4 rings (SSSR count). The molecule has 1 aliphatic carbocycles. The summed E-state index contributed by atoms with van der Waals surface area (Å²) in [5.41, 5.74) is 4.37. The zero-order chi connectivity index (χ0) is 20.8. The largest absolute Gasteiger partial charge is 0.357 e. The molecule has 2 aliphatic rings. The number of ketones is 1. The molecule has 1 aromatic carbocycles. The van der Waals surface area contributed by atoms with Crippen LogP contribution >= 0.6 is 0 Å². The number of anilines is 1. The van der Waals surface area contributed by atoms with Gasteiger partial charge in [-0.25, -0.2) is 4.98 Å². The zero-order valence-electron chi connectivity index (χ0n) is 17.7. The molecule has 5 nitrogen and oxygen atoms in total. The van der Waals surface area contributed by atoms with E-state index in [4.69, 9.17) is 0 Å². The van der Waals surface area contributed by atoms with Crippen LogP contribution in [-0.4, -0.2) is 29.8 Å². The van der Waals surface area contributed by atoms with Crippen molar-refractivity contribution in [3.8, 4) is 0 Å². The average Bonchev–Trinajstić information content (AvgIpc) is 3.08. The number of hydrogen-bond donors (Lipinski definition) is 1. The van der Waals surface area contributed by atoms with Crippen molar-refractivity contribution in [2.45, 2.75) is 64.3 Å². The molecule has 1 aromatic heterocycles. The van der Waals surface area contributed by atoms with Gasteiger partial charge >= 0.3 is 0 Å². The number of fused-ring (bicyclic) bond motifs is 1. The Labute approximate surface area is 178 Å². The molecule has 1 aliphatic heterocycles. The molecular formula is C25H31N3O2. The van der Waals surface area contributed by atoms with Gasteiger partial charge in [-0.15, -0.1) is 0 Å². The Balaban J connectivity index is 1.22. The highest BCUT2D eigenvalue weighted by molar-refractivity contribution is 5.98. The van der Waals surface area contributed by atoms with Gasteiger partial charge in [-0.1, -0.05) is 31.0 Å². The quantitative estimate of drug-likeness (QED) is 0.700. The van der Waals surface area contributed by atoms with Crippen LogP contribution in [-0.2, 0) is 24.2 Å².